The fourth-order valence-electron chi connectivity index (χ4n) is 2.17. The number of rotatable bonds is 4. The molecule has 3 N–H and O–H groups in total. The van der Waals surface area contributed by atoms with Crippen LogP contribution in [0.2, 0.25) is 0 Å². The van der Waals surface area contributed by atoms with Crippen LogP contribution in [0.1, 0.15) is 17.3 Å². The van der Waals surface area contributed by atoms with Gasteiger partial charge < -0.3 is 0 Å². The maximum Gasteiger partial charge on any atom is 0.115 e. The lowest BCUT2D eigenvalue weighted by molar-refractivity contribution is 0.539. The average molecular weight is 270 g/mol. The molecule has 3 rings (SSSR count). The predicted octanol–water partition coefficient (Wildman–Crippen LogP) is 2.44. The van der Waals surface area contributed by atoms with Crippen molar-refractivity contribution in [3.05, 3.63) is 59.5 Å². The van der Waals surface area contributed by atoms with Gasteiger partial charge in [0.1, 0.15) is 6.33 Å². The zero-order valence-corrected chi connectivity index (χ0v) is 11.1. The van der Waals surface area contributed by atoms with Gasteiger partial charge in [-0.25, -0.2) is 9.97 Å². The third kappa shape index (κ3) is 2.49. The van der Waals surface area contributed by atoms with E-state index in [1.54, 1.807) is 23.9 Å². The van der Waals surface area contributed by atoms with E-state index in [0.29, 0.717) is 0 Å². The van der Waals surface area contributed by atoms with Crippen molar-refractivity contribution in [2.24, 2.45) is 5.84 Å². The SMILES string of the molecule is NNC(Cc1csc2ccccc12)c1ccncn1. The maximum atomic E-state index is 5.66. The molecule has 4 nitrogen and oxygen atoms in total. The number of hydrazine groups is 1. The van der Waals surface area contributed by atoms with Gasteiger partial charge in [0.15, 0.2) is 0 Å². The van der Waals surface area contributed by atoms with E-state index in [1.165, 1.54) is 15.6 Å². The topological polar surface area (TPSA) is 63.8 Å². The molecule has 0 aliphatic heterocycles. The number of nitrogens with two attached hydrogens (primary N) is 1. The van der Waals surface area contributed by atoms with Crippen molar-refractivity contribution in [1.82, 2.24) is 15.4 Å². The molecule has 0 bridgehead atoms. The largest absolute Gasteiger partial charge is 0.271 e. The molecule has 96 valence electrons. The molecule has 3 aromatic rings. The molecule has 0 spiro atoms. The Morgan fingerprint density at radius 1 is 1.26 bits per heavy atom. The summed E-state index contributed by atoms with van der Waals surface area (Å²) in [4.78, 5) is 8.19. The number of hydrogen-bond acceptors (Lipinski definition) is 5. The Kier molecular flexibility index (Phi) is 3.50. The Morgan fingerprint density at radius 2 is 2.16 bits per heavy atom. The van der Waals surface area contributed by atoms with Crippen molar-refractivity contribution in [2.45, 2.75) is 12.5 Å². The van der Waals surface area contributed by atoms with Crippen LogP contribution in [0.15, 0.2) is 48.2 Å². The van der Waals surface area contributed by atoms with Crippen LogP contribution < -0.4 is 11.3 Å². The van der Waals surface area contributed by atoms with E-state index < -0.39 is 0 Å². The minimum atomic E-state index is 0.000932. The minimum Gasteiger partial charge on any atom is -0.271 e. The Morgan fingerprint density at radius 3 is 2.95 bits per heavy atom. The fraction of sp³-hybridized carbons (Fsp3) is 0.143. The second-order valence-electron chi connectivity index (χ2n) is 4.31. The van der Waals surface area contributed by atoms with Crippen LogP contribution in [-0.4, -0.2) is 9.97 Å². The van der Waals surface area contributed by atoms with Gasteiger partial charge in [-0.05, 0) is 34.9 Å². The highest BCUT2D eigenvalue weighted by molar-refractivity contribution is 7.17. The molecule has 0 fully saturated rings. The van der Waals surface area contributed by atoms with Gasteiger partial charge in [-0.2, -0.15) is 0 Å². The average Bonchev–Trinajstić information content (AvgIpc) is 2.89. The Labute approximate surface area is 115 Å². The van der Waals surface area contributed by atoms with Crippen molar-refractivity contribution in [1.29, 1.82) is 0 Å². The first-order valence-electron chi connectivity index (χ1n) is 6.05. The van der Waals surface area contributed by atoms with Gasteiger partial charge in [0.05, 0.1) is 11.7 Å². The Bertz CT molecular complexity index is 665. The zero-order valence-electron chi connectivity index (χ0n) is 10.3. The van der Waals surface area contributed by atoms with Gasteiger partial charge in [0, 0.05) is 10.9 Å². The van der Waals surface area contributed by atoms with Gasteiger partial charge in [-0.15, -0.1) is 11.3 Å². The van der Waals surface area contributed by atoms with Gasteiger partial charge in [-0.3, -0.25) is 11.3 Å². The normalized spacial score (nSPS) is 12.7. The highest BCUT2D eigenvalue weighted by atomic mass is 32.1. The number of benzene rings is 1. The van der Waals surface area contributed by atoms with Crippen LogP contribution in [0.3, 0.4) is 0 Å². The van der Waals surface area contributed by atoms with E-state index in [1.807, 2.05) is 6.07 Å². The predicted molar refractivity (Wildman–Crippen MR) is 77.6 cm³/mol. The summed E-state index contributed by atoms with van der Waals surface area (Å²) in [5.41, 5.74) is 5.04. The molecule has 1 aromatic carbocycles. The molecule has 0 saturated heterocycles. The number of nitrogens with one attached hydrogen (secondary N) is 1. The van der Waals surface area contributed by atoms with Gasteiger partial charge >= 0.3 is 0 Å². The lowest BCUT2D eigenvalue weighted by Crippen LogP contribution is -2.30. The summed E-state index contributed by atoms with van der Waals surface area (Å²) >= 11 is 1.76. The number of aromatic nitrogens is 2. The molecule has 0 aliphatic rings. The molecule has 1 unspecified atom stereocenters. The molecule has 19 heavy (non-hydrogen) atoms. The maximum absolute atomic E-state index is 5.66. The van der Waals surface area contributed by atoms with E-state index in [9.17, 15) is 0 Å². The lowest BCUT2D eigenvalue weighted by atomic mass is 10.0. The van der Waals surface area contributed by atoms with Crippen LogP contribution in [0.4, 0.5) is 0 Å². The summed E-state index contributed by atoms with van der Waals surface area (Å²) in [6.07, 6.45) is 4.10. The van der Waals surface area contributed by atoms with Crippen LogP contribution in [0.5, 0.6) is 0 Å². The summed E-state index contributed by atoms with van der Waals surface area (Å²) in [6.45, 7) is 0. The summed E-state index contributed by atoms with van der Waals surface area (Å²) in [6, 6.07) is 10.3. The molecular formula is C14H14N4S. The van der Waals surface area contributed by atoms with Crippen molar-refractivity contribution in [3.8, 4) is 0 Å². The van der Waals surface area contributed by atoms with Crippen molar-refractivity contribution in [2.75, 3.05) is 0 Å². The minimum absolute atomic E-state index is 0.000932. The van der Waals surface area contributed by atoms with Crippen molar-refractivity contribution < 1.29 is 0 Å². The first-order chi connectivity index (χ1) is 9.38. The Balaban J connectivity index is 1.91. The molecule has 0 saturated carbocycles. The molecule has 0 amide bonds. The summed E-state index contributed by atoms with van der Waals surface area (Å²) in [5, 5.41) is 3.48. The monoisotopic (exact) mass is 270 g/mol. The lowest BCUT2D eigenvalue weighted by Gasteiger charge is -2.14. The van der Waals surface area contributed by atoms with Crippen LogP contribution in [0.25, 0.3) is 10.1 Å². The number of thiophene rings is 1. The summed E-state index contributed by atoms with van der Waals surface area (Å²) in [5.74, 6) is 5.66. The van der Waals surface area contributed by atoms with E-state index in [4.69, 9.17) is 5.84 Å². The third-order valence-corrected chi connectivity index (χ3v) is 4.16. The summed E-state index contributed by atoms with van der Waals surface area (Å²) < 4.78 is 1.30. The van der Waals surface area contributed by atoms with Crippen LogP contribution >= 0.6 is 11.3 Å². The first-order valence-corrected chi connectivity index (χ1v) is 6.93. The molecular weight excluding hydrogens is 256 g/mol. The van der Waals surface area contributed by atoms with Gasteiger partial charge in [-0.1, -0.05) is 18.2 Å². The fourth-order valence-corrected chi connectivity index (χ4v) is 3.14. The first kappa shape index (κ1) is 12.2. The van der Waals surface area contributed by atoms with E-state index in [0.717, 1.165) is 12.1 Å². The van der Waals surface area contributed by atoms with Crippen molar-refractivity contribution >= 4 is 21.4 Å². The van der Waals surface area contributed by atoms with E-state index in [2.05, 4.69) is 45.0 Å². The summed E-state index contributed by atoms with van der Waals surface area (Å²) in [7, 11) is 0. The molecule has 1 atom stereocenters. The highest BCUT2D eigenvalue weighted by Crippen LogP contribution is 2.28. The van der Waals surface area contributed by atoms with E-state index in [-0.39, 0.29) is 6.04 Å². The van der Waals surface area contributed by atoms with Gasteiger partial charge in [0.2, 0.25) is 0 Å². The quantitative estimate of drug-likeness (QED) is 0.564. The highest BCUT2D eigenvalue weighted by Gasteiger charge is 2.14. The second-order valence-corrected chi connectivity index (χ2v) is 5.23. The van der Waals surface area contributed by atoms with Crippen LogP contribution in [0, 0.1) is 0 Å². The van der Waals surface area contributed by atoms with E-state index >= 15 is 0 Å². The molecule has 0 radical (unpaired) electrons. The van der Waals surface area contributed by atoms with Crippen molar-refractivity contribution in [3.63, 3.8) is 0 Å². The smallest absolute Gasteiger partial charge is 0.115 e. The molecule has 0 aliphatic carbocycles. The molecule has 2 aromatic heterocycles. The third-order valence-electron chi connectivity index (χ3n) is 3.15. The second kappa shape index (κ2) is 5.44. The zero-order chi connectivity index (χ0) is 13.1. The Hall–Kier alpha value is -1.82. The standard InChI is InChI=1S/C14H14N4S/c15-18-13(12-5-6-16-9-17-12)7-10-8-19-14-4-2-1-3-11(10)14/h1-6,8-9,13,18H,7,15H2. The number of nitrogens with zero attached hydrogens (tertiary/aromatic N) is 2. The molecule has 5 heteroatoms. The number of hydrogen-bond donors (Lipinski definition) is 2. The number of fused-ring (bicyclic) bond motifs is 1. The molecule has 2 heterocycles. The van der Waals surface area contributed by atoms with Gasteiger partial charge in [0.25, 0.3) is 0 Å². The van der Waals surface area contributed by atoms with Crippen LogP contribution in [-0.2, 0) is 6.42 Å².